The molecule has 1 unspecified atom stereocenters. The van der Waals surface area contributed by atoms with Gasteiger partial charge in [-0.25, -0.2) is 4.98 Å². The van der Waals surface area contributed by atoms with Gasteiger partial charge in [-0.05, 0) is 30.5 Å². The van der Waals surface area contributed by atoms with Gasteiger partial charge in [0.05, 0.1) is 16.4 Å². The van der Waals surface area contributed by atoms with Crippen LogP contribution in [0.5, 0.6) is 0 Å². The number of pyridine rings is 1. The van der Waals surface area contributed by atoms with Gasteiger partial charge in [-0.3, -0.25) is 14.9 Å². The average Bonchev–Trinajstić information content (AvgIpc) is 2.73. The number of hydrogen-bond acceptors (Lipinski definition) is 5. The van der Waals surface area contributed by atoms with Crippen molar-refractivity contribution in [2.75, 3.05) is 25.0 Å². The molecule has 2 heterocycles. The van der Waals surface area contributed by atoms with Gasteiger partial charge in [-0.15, -0.1) is 0 Å². The van der Waals surface area contributed by atoms with Crippen LogP contribution in [0.1, 0.15) is 24.0 Å². The molecule has 1 aromatic carbocycles. The molecule has 1 atom stereocenters. The van der Waals surface area contributed by atoms with E-state index in [9.17, 15) is 28.1 Å². The second-order valence-electron chi connectivity index (χ2n) is 7.28. The molecule has 0 bridgehead atoms. The van der Waals surface area contributed by atoms with Crippen molar-refractivity contribution in [3.05, 3.63) is 63.8 Å². The number of carbonyl (C=O) groups is 1. The van der Waals surface area contributed by atoms with Crippen LogP contribution < -0.4 is 4.90 Å². The number of amides is 1. The number of benzene rings is 1. The maximum atomic E-state index is 13.3. The Balaban J connectivity index is 1.72. The summed E-state index contributed by atoms with van der Waals surface area (Å²) in [7, 11) is 1.59. The van der Waals surface area contributed by atoms with Gasteiger partial charge in [-0.2, -0.15) is 13.2 Å². The average molecular weight is 422 g/mol. The lowest BCUT2D eigenvalue weighted by Gasteiger charge is -2.35. The fourth-order valence-electron chi connectivity index (χ4n) is 3.67. The van der Waals surface area contributed by atoms with Crippen LogP contribution in [0.3, 0.4) is 0 Å². The number of hydrogen-bond donors (Lipinski definition) is 0. The van der Waals surface area contributed by atoms with E-state index in [1.165, 1.54) is 34.2 Å². The highest BCUT2D eigenvalue weighted by Crippen LogP contribution is 2.36. The summed E-state index contributed by atoms with van der Waals surface area (Å²) in [6.07, 6.45) is -2.10. The van der Waals surface area contributed by atoms with Gasteiger partial charge >= 0.3 is 6.18 Å². The van der Waals surface area contributed by atoms with Gasteiger partial charge in [0.15, 0.2) is 0 Å². The Kier molecular flexibility index (Phi) is 6.23. The van der Waals surface area contributed by atoms with E-state index in [-0.39, 0.29) is 30.5 Å². The normalized spacial score (nSPS) is 16.9. The highest BCUT2D eigenvalue weighted by atomic mass is 19.4. The van der Waals surface area contributed by atoms with E-state index < -0.39 is 22.6 Å². The van der Waals surface area contributed by atoms with E-state index in [2.05, 4.69) is 4.98 Å². The number of carbonyl (C=O) groups excluding carboxylic acids is 1. The van der Waals surface area contributed by atoms with E-state index in [1.54, 1.807) is 19.2 Å². The zero-order valence-corrected chi connectivity index (χ0v) is 16.3. The summed E-state index contributed by atoms with van der Waals surface area (Å²) >= 11 is 0. The Morgan fingerprint density at radius 3 is 2.80 bits per heavy atom. The van der Waals surface area contributed by atoms with Crippen LogP contribution in [-0.4, -0.2) is 40.9 Å². The summed E-state index contributed by atoms with van der Waals surface area (Å²) in [5.41, 5.74) is -0.271. The van der Waals surface area contributed by atoms with Crippen molar-refractivity contribution in [3.8, 4) is 0 Å². The highest BCUT2D eigenvalue weighted by Gasteiger charge is 2.37. The van der Waals surface area contributed by atoms with Crippen molar-refractivity contribution in [2.24, 2.45) is 5.92 Å². The highest BCUT2D eigenvalue weighted by molar-refractivity contribution is 5.79. The molecule has 30 heavy (non-hydrogen) atoms. The number of alkyl halides is 3. The summed E-state index contributed by atoms with van der Waals surface area (Å²) in [6.45, 7) is 0.699. The molecule has 0 aliphatic carbocycles. The molecule has 1 aliphatic rings. The Morgan fingerprint density at radius 2 is 2.10 bits per heavy atom. The zero-order valence-electron chi connectivity index (χ0n) is 16.3. The summed E-state index contributed by atoms with van der Waals surface area (Å²) in [6, 6.07) is 8.24. The predicted octanol–water partition coefficient (Wildman–Crippen LogP) is 3.88. The van der Waals surface area contributed by atoms with Gasteiger partial charge < -0.3 is 9.80 Å². The molecule has 7 nitrogen and oxygen atoms in total. The number of aromatic nitrogens is 1. The lowest BCUT2D eigenvalue weighted by atomic mass is 9.96. The minimum absolute atomic E-state index is 0.0629. The predicted molar refractivity (Wildman–Crippen MR) is 104 cm³/mol. The molecule has 0 radical (unpaired) electrons. The molecular weight excluding hydrogens is 401 g/mol. The van der Waals surface area contributed by atoms with Crippen LogP contribution >= 0.6 is 0 Å². The minimum atomic E-state index is -4.53. The summed E-state index contributed by atoms with van der Waals surface area (Å²) in [5, 5.41) is 10.9. The molecule has 0 spiro atoms. The number of nitro benzene ring substituents is 1. The van der Waals surface area contributed by atoms with E-state index in [0.29, 0.717) is 24.9 Å². The third kappa shape index (κ3) is 4.87. The summed E-state index contributed by atoms with van der Waals surface area (Å²) in [4.78, 5) is 30.2. The molecule has 3 rings (SSSR count). The largest absolute Gasteiger partial charge is 0.419 e. The van der Waals surface area contributed by atoms with E-state index in [0.717, 1.165) is 6.07 Å². The molecule has 2 aromatic rings. The molecule has 0 N–H and O–H groups in total. The molecule has 1 saturated heterocycles. The lowest BCUT2D eigenvalue weighted by molar-refractivity contribution is -0.384. The van der Waals surface area contributed by atoms with Crippen molar-refractivity contribution >= 4 is 17.4 Å². The molecular formula is C20H21F3N4O3. The summed E-state index contributed by atoms with van der Waals surface area (Å²) < 4.78 is 40.0. The van der Waals surface area contributed by atoms with Crippen LogP contribution in [0.4, 0.5) is 24.7 Å². The van der Waals surface area contributed by atoms with E-state index >= 15 is 0 Å². The van der Waals surface area contributed by atoms with Crippen molar-refractivity contribution in [3.63, 3.8) is 0 Å². The number of anilines is 1. The number of nitrogens with zero attached hydrogens (tertiary/aromatic N) is 4. The van der Waals surface area contributed by atoms with Crippen LogP contribution in [-0.2, 0) is 17.5 Å². The Labute approximate surface area is 171 Å². The smallest absolute Gasteiger partial charge is 0.355 e. The van der Waals surface area contributed by atoms with Crippen LogP contribution in [0.15, 0.2) is 42.6 Å². The lowest BCUT2D eigenvalue weighted by Crippen LogP contribution is -2.44. The maximum absolute atomic E-state index is 13.3. The number of piperidine rings is 1. The third-order valence-electron chi connectivity index (χ3n) is 5.08. The monoisotopic (exact) mass is 422 g/mol. The Hall–Kier alpha value is -3.17. The van der Waals surface area contributed by atoms with E-state index in [1.807, 2.05) is 0 Å². The van der Waals surface area contributed by atoms with Crippen LogP contribution in [0.2, 0.25) is 0 Å². The summed E-state index contributed by atoms with van der Waals surface area (Å²) in [5.74, 6) is -0.856. The standard InChI is InChI=1S/C20H21F3N4O3/c1-25(12-14-5-2-7-16(11-14)27(29)30)19(28)15-6-4-10-26(13-15)18-17(20(21,22)23)8-3-9-24-18/h2-3,5,7-9,11,15H,4,6,10,12-13H2,1H3. The third-order valence-corrected chi connectivity index (χ3v) is 5.08. The first kappa shape index (κ1) is 21.5. The zero-order chi connectivity index (χ0) is 21.9. The molecule has 10 heteroatoms. The van der Waals surface area contributed by atoms with Crippen LogP contribution in [0.25, 0.3) is 0 Å². The van der Waals surface area contributed by atoms with E-state index in [4.69, 9.17) is 0 Å². The first-order valence-electron chi connectivity index (χ1n) is 9.42. The first-order chi connectivity index (χ1) is 14.2. The van der Waals surface area contributed by atoms with Gasteiger partial charge in [0.2, 0.25) is 5.91 Å². The van der Waals surface area contributed by atoms with Crippen LogP contribution in [0, 0.1) is 16.0 Å². The van der Waals surface area contributed by atoms with Crippen molar-refractivity contribution < 1.29 is 22.9 Å². The molecule has 1 aromatic heterocycles. The Bertz CT molecular complexity index is 936. The molecule has 0 saturated carbocycles. The fourth-order valence-corrected chi connectivity index (χ4v) is 3.67. The number of non-ortho nitro benzene ring substituents is 1. The number of rotatable bonds is 5. The minimum Gasteiger partial charge on any atom is -0.355 e. The number of halogens is 3. The number of nitro groups is 1. The molecule has 1 amide bonds. The van der Waals surface area contributed by atoms with Gasteiger partial charge in [-0.1, -0.05) is 12.1 Å². The maximum Gasteiger partial charge on any atom is 0.419 e. The van der Waals surface area contributed by atoms with Gasteiger partial charge in [0, 0.05) is 45.0 Å². The van der Waals surface area contributed by atoms with Crippen molar-refractivity contribution in [1.82, 2.24) is 9.88 Å². The van der Waals surface area contributed by atoms with Crippen molar-refractivity contribution in [2.45, 2.75) is 25.6 Å². The quantitative estimate of drug-likeness (QED) is 0.540. The molecule has 1 fully saturated rings. The molecule has 1 aliphatic heterocycles. The van der Waals surface area contributed by atoms with Gasteiger partial charge in [0.1, 0.15) is 5.82 Å². The topological polar surface area (TPSA) is 79.6 Å². The first-order valence-corrected chi connectivity index (χ1v) is 9.42. The SMILES string of the molecule is CN(Cc1cccc([N+](=O)[O-])c1)C(=O)C1CCCN(c2ncccc2C(F)(F)F)C1. The Morgan fingerprint density at radius 1 is 1.33 bits per heavy atom. The fraction of sp³-hybridized carbons (Fsp3) is 0.400. The second-order valence-corrected chi connectivity index (χ2v) is 7.28. The van der Waals surface area contributed by atoms with Crippen molar-refractivity contribution in [1.29, 1.82) is 0 Å². The van der Waals surface area contributed by atoms with Gasteiger partial charge in [0.25, 0.3) is 5.69 Å². The molecule has 160 valence electrons. The second kappa shape index (κ2) is 8.68.